The third-order valence-electron chi connectivity index (χ3n) is 7.56. The lowest BCUT2D eigenvalue weighted by atomic mass is 9.87. The van der Waals surface area contributed by atoms with E-state index < -0.39 is 11.8 Å². The van der Waals surface area contributed by atoms with E-state index in [4.69, 9.17) is 26.8 Å². The number of fused-ring (bicyclic) bond motifs is 2. The first-order valence-corrected chi connectivity index (χ1v) is 14.1. The third-order valence-corrected chi connectivity index (χ3v) is 8.69. The van der Waals surface area contributed by atoms with Gasteiger partial charge in [0.15, 0.2) is 23.6 Å². The van der Waals surface area contributed by atoms with Crippen LogP contribution in [0.5, 0.6) is 0 Å². The molecule has 200 valence electrons. The van der Waals surface area contributed by atoms with E-state index in [9.17, 15) is 9.90 Å². The maximum absolute atomic E-state index is 16.0. The number of hydrogen-bond donors (Lipinski definition) is 2. The molecule has 3 N–H and O–H groups in total. The van der Waals surface area contributed by atoms with Crippen molar-refractivity contribution in [3.63, 3.8) is 0 Å². The van der Waals surface area contributed by atoms with Crippen molar-refractivity contribution in [3.8, 4) is 11.1 Å². The van der Waals surface area contributed by atoms with Crippen molar-refractivity contribution >= 4 is 51.7 Å². The number of carbonyl (C=O) groups is 1. The van der Waals surface area contributed by atoms with E-state index in [1.807, 2.05) is 6.92 Å². The predicted octanol–water partition coefficient (Wildman–Crippen LogP) is 5.59. The number of pyridine rings is 1. The van der Waals surface area contributed by atoms with Gasteiger partial charge in [-0.3, -0.25) is 4.40 Å². The average Bonchev–Trinajstić information content (AvgIpc) is 3.61. The minimum atomic E-state index is -1.21. The van der Waals surface area contributed by atoms with E-state index in [0.717, 1.165) is 19.3 Å². The number of nitrogen functional groups attached to an aromatic ring is 1. The first-order valence-electron chi connectivity index (χ1n) is 12.5. The zero-order valence-corrected chi connectivity index (χ0v) is 22.5. The number of imidazole rings is 1. The number of aromatic nitrogens is 4. The maximum Gasteiger partial charge on any atom is 0.356 e. The SMILES string of the molecule is CSc1c(F)c(Cl)c(-c2ccc3nc(N)c(C(=O)O)n3c2[C@H]2COC[C@@H]2C)c2cnn(C3CCCCO3)c12. The van der Waals surface area contributed by atoms with Crippen molar-refractivity contribution in [2.75, 3.05) is 31.8 Å². The van der Waals surface area contributed by atoms with Crippen LogP contribution in [0, 0.1) is 11.7 Å². The fraction of sp³-hybridized carbons (Fsp3) is 0.423. The van der Waals surface area contributed by atoms with E-state index in [1.54, 1.807) is 33.7 Å². The summed E-state index contributed by atoms with van der Waals surface area (Å²) < 4.78 is 31.1. The van der Waals surface area contributed by atoms with Crippen molar-refractivity contribution in [2.24, 2.45) is 5.92 Å². The number of nitrogens with zero attached hydrogens (tertiary/aromatic N) is 4. The van der Waals surface area contributed by atoms with Crippen molar-refractivity contribution in [2.45, 2.75) is 43.2 Å². The molecule has 5 heterocycles. The summed E-state index contributed by atoms with van der Waals surface area (Å²) in [6.07, 6.45) is 5.92. The lowest BCUT2D eigenvalue weighted by molar-refractivity contribution is -0.0369. The molecule has 38 heavy (non-hydrogen) atoms. The highest BCUT2D eigenvalue weighted by Gasteiger charge is 2.35. The van der Waals surface area contributed by atoms with Gasteiger partial charge in [0.25, 0.3) is 0 Å². The van der Waals surface area contributed by atoms with E-state index in [-0.39, 0.29) is 34.6 Å². The summed E-state index contributed by atoms with van der Waals surface area (Å²) in [6.45, 7) is 3.52. The molecule has 0 spiro atoms. The molecule has 0 aliphatic carbocycles. The summed E-state index contributed by atoms with van der Waals surface area (Å²) in [5, 5.41) is 15.3. The van der Waals surface area contributed by atoms with Crippen LogP contribution in [-0.2, 0) is 9.47 Å². The quantitative estimate of drug-likeness (QED) is 0.304. The Morgan fingerprint density at radius 2 is 2.13 bits per heavy atom. The molecule has 2 aliphatic rings. The number of thioether (sulfide) groups is 1. The summed E-state index contributed by atoms with van der Waals surface area (Å²) in [6, 6.07) is 3.49. The minimum absolute atomic E-state index is 0.0527. The summed E-state index contributed by atoms with van der Waals surface area (Å²) in [4.78, 5) is 17.0. The topological polar surface area (TPSA) is 117 Å². The van der Waals surface area contributed by atoms with Gasteiger partial charge in [0.05, 0.1) is 28.2 Å². The standard InChI is InChI=1S/C26H27ClFN5O4S/c1-12-10-36-11-15(12)21-13(6-7-16-31-25(29)23(26(34)35)32(16)21)18-14-9-30-33(17-5-3-4-8-37-17)22(14)24(38-2)20(28)19(18)27/h6-7,9,12,15,17H,3-5,8,10-11,29H2,1-2H3,(H,34,35)/t12-,15-,17?/m0/s1. The molecule has 3 aromatic heterocycles. The van der Waals surface area contributed by atoms with Crippen molar-refractivity contribution in [3.05, 3.63) is 40.6 Å². The Balaban J connectivity index is 1.71. The molecule has 9 nitrogen and oxygen atoms in total. The molecule has 1 unspecified atom stereocenters. The van der Waals surface area contributed by atoms with Gasteiger partial charge in [0, 0.05) is 41.3 Å². The van der Waals surface area contributed by atoms with Gasteiger partial charge < -0.3 is 20.3 Å². The Bertz CT molecular complexity index is 1580. The van der Waals surface area contributed by atoms with Crippen LogP contribution < -0.4 is 5.73 Å². The molecule has 12 heteroatoms. The van der Waals surface area contributed by atoms with Gasteiger partial charge in [0.2, 0.25) is 0 Å². The number of nitrogens with two attached hydrogens (primary N) is 1. The number of carboxylic acid groups (broad SMARTS) is 1. The lowest BCUT2D eigenvalue weighted by Gasteiger charge is -2.25. The highest BCUT2D eigenvalue weighted by atomic mass is 35.5. The number of carboxylic acids is 1. The molecular weight excluding hydrogens is 533 g/mol. The Hall–Kier alpha value is -2.86. The van der Waals surface area contributed by atoms with Gasteiger partial charge in [-0.1, -0.05) is 18.5 Å². The first kappa shape index (κ1) is 25.4. The minimum Gasteiger partial charge on any atom is -0.476 e. The molecule has 0 amide bonds. The van der Waals surface area contributed by atoms with Crippen LogP contribution in [-0.4, -0.2) is 56.3 Å². The highest BCUT2D eigenvalue weighted by molar-refractivity contribution is 7.98. The van der Waals surface area contributed by atoms with Gasteiger partial charge >= 0.3 is 5.97 Å². The zero-order valence-electron chi connectivity index (χ0n) is 20.9. The summed E-state index contributed by atoms with van der Waals surface area (Å²) in [5.41, 5.74) is 8.55. The van der Waals surface area contributed by atoms with Gasteiger partial charge in [-0.15, -0.1) is 11.8 Å². The molecular formula is C26H27ClFN5O4S. The number of anilines is 1. The Morgan fingerprint density at radius 1 is 1.32 bits per heavy atom. The predicted molar refractivity (Wildman–Crippen MR) is 144 cm³/mol. The molecule has 2 saturated heterocycles. The summed E-state index contributed by atoms with van der Waals surface area (Å²) in [7, 11) is 0. The molecule has 2 aliphatic heterocycles. The van der Waals surface area contributed by atoms with E-state index >= 15 is 4.39 Å². The fourth-order valence-corrected chi connectivity index (χ4v) is 6.79. The lowest BCUT2D eigenvalue weighted by Crippen LogP contribution is -2.19. The Labute approximate surface area is 227 Å². The second-order valence-corrected chi connectivity index (χ2v) is 11.0. The zero-order chi connectivity index (χ0) is 26.7. The molecule has 4 aromatic rings. The molecule has 2 fully saturated rings. The Morgan fingerprint density at radius 3 is 2.79 bits per heavy atom. The van der Waals surface area contributed by atoms with Crippen LogP contribution in [0.25, 0.3) is 27.7 Å². The Kier molecular flexibility index (Phi) is 6.50. The molecule has 0 bridgehead atoms. The van der Waals surface area contributed by atoms with Crippen LogP contribution in [0.2, 0.25) is 5.02 Å². The van der Waals surface area contributed by atoms with Gasteiger partial charge in [-0.2, -0.15) is 5.10 Å². The second kappa shape index (κ2) is 9.71. The smallest absolute Gasteiger partial charge is 0.356 e. The van der Waals surface area contributed by atoms with Crippen molar-refractivity contribution < 1.29 is 23.8 Å². The van der Waals surface area contributed by atoms with Gasteiger partial charge in [0.1, 0.15) is 5.65 Å². The number of rotatable bonds is 5. The summed E-state index contributed by atoms with van der Waals surface area (Å²) in [5.74, 6) is -1.99. The highest BCUT2D eigenvalue weighted by Crippen LogP contribution is 2.47. The normalized spacial score (nSPS) is 22.1. The third kappa shape index (κ3) is 3.78. The van der Waals surface area contributed by atoms with E-state index in [2.05, 4.69) is 10.1 Å². The van der Waals surface area contributed by atoms with Crippen molar-refractivity contribution in [1.82, 2.24) is 19.2 Å². The number of hydrogen-bond acceptors (Lipinski definition) is 7. The average molecular weight is 560 g/mol. The van der Waals surface area contributed by atoms with Crippen molar-refractivity contribution in [1.29, 1.82) is 0 Å². The van der Waals surface area contributed by atoms with E-state index in [1.165, 1.54) is 11.8 Å². The first-order chi connectivity index (χ1) is 18.3. The number of benzene rings is 1. The monoisotopic (exact) mass is 559 g/mol. The second-order valence-electron chi connectivity index (χ2n) is 9.81. The maximum atomic E-state index is 16.0. The van der Waals surface area contributed by atoms with Crippen LogP contribution in [0.3, 0.4) is 0 Å². The van der Waals surface area contributed by atoms with Crippen LogP contribution in [0.1, 0.15) is 54.5 Å². The molecule has 0 radical (unpaired) electrons. The van der Waals surface area contributed by atoms with E-state index in [0.29, 0.717) is 58.1 Å². The number of ether oxygens (including phenoxy) is 2. The molecule has 0 saturated carbocycles. The van der Waals surface area contributed by atoms with Crippen LogP contribution in [0.15, 0.2) is 23.2 Å². The fourth-order valence-electron chi connectivity index (χ4n) is 5.75. The number of aromatic carboxylic acids is 1. The van der Waals surface area contributed by atoms with Gasteiger partial charge in [-0.05, 0) is 43.6 Å². The van der Waals surface area contributed by atoms with Crippen LogP contribution >= 0.6 is 23.4 Å². The summed E-state index contributed by atoms with van der Waals surface area (Å²) >= 11 is 8.07. The van der Waals surface area contributed by atoms with Gasteiger partial charge in [-0.25, -0.2) is 18.9 Å². The molecule has 6 rings (SSSR count). The molecule has 1 aromatic carbocycles. The molecule has 3 atom stereocenters. The van der Waals surface area contributed by atoms with Crippen LogP contribution in [0.4, 0.5) is 10.2 Å². The number of halogens is 2. The largest absolute Gasteiger partial charge is 0.476 e.